The molecular weight excluding hydrogens is 288 g/mol. The van der Waals surface area contributed by atoms with Gasteiger partial charge in [-0.05, 0) is 19.1 Å². The van der Waals surface area contributed by atoms with E-state index in [1.165, 1.54) is 12.1 Å². The van der Waals surface area contributed by atoms with Gasteiger partial charge >= 0.3 is 0 Å². The van der Waals surface area contributed by atoms with Crippen molar-refractivity contribution >= 4 is 35.0 Å². The van der Waals surface area contributed by atoms with E-state index in [1.807, 2.05) is 0 Å². The first kappa shape index (κ1) is 15.3. The molecule has 1 aromatic carbocycles. The number of carbonyl (C=O) groups is 1. The largest absolute Gasteiger partial charge is 0.344 e. The molecule has 0 bridgehead atoms. The second kappa shape index (κ2) is 7.67. The Hall–Kier alpha value is -1.71. The summed E-state index contributed by atoms with van der Waals surface area (Å²) < 4.78 is 0. The van der Waals surface area contributed by atoms with E-state index in [0.29, 0.717) is 9.92 Å². The quantitative estimate of drug-likeness (QED) is 0.392. The molecule has 1 rings (SSSR count). The number of nitrogens with zero attached hydrogens (tertiary/aromatic N) is 1. The average Bonchev–Trinajstić information content (AvgIpc) is 2.37. The van der Waals surface area contributed by atoms with Gasteiger partial charge in [-0.3, -0.25) is 14.9 Å². The van der Waals surface area contributed by atoms with Crippen LogP contribution < -0.4 is 5.32 Å². The number of carbonyl (C=O) groups excluding carboxylic acids is 1. The Morgan fingerprint density at radius 2 is 2.32 bits per heavy atom. The molecular formula is C12H11ClN2O3S. The van der Waals surface area contributed by atoms with Gasteiger partial charge in [0.15, 0.2) is 0 Å². The number of halogens is 1. The van der Waals surface area contributed by atoms with E-state index >= 15 is 0 Å². The van der Waals surface area contributed by atoms with Gasteiger partial charge in [-0.25, -0.2) is 0 Å². The minimum atomic E-state index is -0.519. The minimum absolute atomic E-state index is 0.0911. The lowest BCUT2D eigenvalue weighted by molar-refractivity contribution is -0.387. The van der Waals surface area contributed by atoms with Crippen LogP contribution in [0.3, 0.4) is 0 Å². The highest BCUT2D eigenvalue weighted by molar-refractivity contribution is 8.00. The van der Waals surface area contributed by atoms with Crippen molar-refractivity contribution in [2.45, 2.75) is 11.8 Å². The third-order valence-corrected chi connectivity index (χ3v) is 3.33. The molecule has 1 aromatic rings. The van der Waals surface area contributed by atoms with Crippen LogP contribution in [-0.4, -0.2) is 23.1 Å². The van der Waals surface area contributed by atoms with Crippen molar-refractivity contribution in [3.8, 4) is 11.8 Å². The van der Waals surface area contributed by atoms with Gasteiger partial charge in [0.2, 0.25) is 5.91 Å². The average molecular weight is 299 g/mol. The number of nitro groups is 1. The zero-order chi connectivity index (χ0) is 14.3. The predicted molar refractivity (Wildman–Crippen MR) is 75.3 cm³/mol. The first-order valence-corrected chi connectivity index (χ1v) is 6.64. The molecule has 0 aliphatic heterocycles. The topological polar surface area (TPSA) is 72.2 Å². The van der Waals surface area contributed by atoms with E-state index in [1.54, 1.807) is 13.0 Å². The van der Waals surface area contributed by atoms with Crippen molar-refractivity contribution in [3.63, 3.8) is 0 Å². The molecule has 0 heterocycles. The molecule has 0 spiro atoms. The van der Waals surface area contributed by atoms with Crippen molar-refractivity contribution in [1.82, 2.24) is 5.32 Å². The summed E-state index contributed by atoms with van der Waals surface area (Å²) >= 11 is 6.79. The maximum Gasteiger partial charge on any atom is 0.284 e. The third-order valence-electron chi connectivity index (χ3n) is 2.03. The lowest BCUT2D eigenvalue weighted by Crippen LogP contribution is -2.25. The van der Waals surface area contributed by atoms with Crippen molar-refractivity contribution < 1.29 is 9.72 Å². The molecule has 0 unspecified atom stereocenters. The first-order valence-electron chi connectivity index (χ1n) is 5.27. The number of hydrogen-bond donors (Lipinski definition) is 1. The van der Waals surface area contributed by atoms with Crippen LogP contribution in [0.15, 0.2) is 23.1 Å². The van der Waals surface area contributed by atoms with Crippen molar-refractivity contribution in [2.75, 3.05) is 12.3 Å². The highest BCUT2D eigenvalue weighted by Gasteiger charge is 2.15. The number of nitro benzene ring substituents is 1. The van der Waals surface area contributed by atoms with Gasteiger partial charge in [0.05, 0.1) is 22.1 Å². The van der Waals surface area contributed by atoms with Gasteiger partial charge in [-0.2, -0.15) is 0 Å². The van der Waals surface area contributed by atoms with E-state index < -0.39 is 4.92 Å². The van der Waals surface area contributed by atoms with Crippen LogP contribution in [0.5, 0.6) is 0 Å². The van der Waals surface area contributed by atoms with Gasteiger partial charge in [0.1, 0.15) is 0 Å². The summed E-state index contributed by atoms with van der Waals surface area (Å²) in [5, 5.41) is 13.7. The van der Waals surface area contributed by atoms with Crippen LogP contribution in [0, 0.1) is 22.0 Å². The second-order valence-corrected chi connectivity index (χ2v) is 4.81. The van der Waals surface area contributed by atoms with Crippen molar-refractivity contribution in [3.05, 3.63) is 33.3 Å². The first-order chi connectivity index (χ1) is 9.04. The van der Waals surface area contributed by atoms with E-state index in [-0.39, 0.29) is 23.9 Å². The zero-order valence-electron chi connectivity index (χ0n) is 10.1. The van der Waals surface area contributed by atoms with Crippen LogP contribution in [-0.2, 0) is 4.79 Å². The number of benzene rings is 1. The summed E-state index contributed by atoms with van der Waals surface area (Å²) in [4.78, 5) is 22.2. The highest BCUT2D eigenvalue weighted by atomic mass is 35.5. The summed E-state index contributed by atoms with van der Waals surface area (Å²) in [7, 11) is 0. The summed E-state index contributed by atoms with van der Waals surface area (Å²) in [5.41, 5.74) is -0.0985. The van der Waals surface area contributed by atoms with Crippen LogP contribution >= 0.6 is 23.4 Å². The van der Waals surface area contributed by atoms with Gasteiger partial charge in [-0.15, -0.1) is 17.7 Å². The molecule has 0 aliphatic carbocycles. The molecule has 100 valence electrons. The third kappa shape index (κ3) is 5.20. The fraction of sp³-hybridized carbons (Fsp3) is 0.250. The second-order valence-electron chi connectivity index (χ2n) is 3.36. The Morgan fingerprint density at radius 1 is 1.58 bits per heavy atom. The molecule has 0 radical (unpaired) electrons. The molecule has 19 heavy (non-hydrogen) atoms. The van der Waals surface area contributed by atoms with Crippen LogP contribution in [0.1, 0.15) is 6.92 Å². The lowest BCUT2D eigenvalue weighted by Gasteiger charge is -2.03. The van der Waals surface area contributed by atoms with Crippen molar-refractivity contribution in [2.24, 2.45) is 0 Å². The molecule has 0 fully saturated rings. The Bertz CT molecular complexity index is 552. The number of hydrogen-bond acceptors (Lipinski definition) is 4. The van der Waals surface area contributed by atoms with Gasteiger partial charge < -0.3 is 5.32 Å². The molecule has 0 aliphatic rings. The highest BCUT2D eigenvalue weighted by Crippen LogP contribution is 2.31. The molecule has 0 saturated carbocycles. The maximum absolute atomic E-state index is 11.4. The fourth-order valence-electron chi connectivity index (χ4n) is 1.18. The maximum atomic E-state index is 11.4. The summed E-state index contributed by atoms with van der Waals surface area (Å²) in [5.74, 6) is 5.22. The molecule has 0 atom stereocenters. The van der Waals surface area contributed by atoms with E-state index in [9.17, 15) is 14.9 Å². The Morgan fingerprint density at radius 3 is 2.95 bits per heavy atom. The number of thioether (sulfide) groups is 1. The standard InChI is InChI=1S/C12H11ClN2O3S/c1-2-3-6-14-12(16)8-19-11-5-4-9(13)7-10(11)15(17)18/h4-5,7H,6,8H2,1H3,(H,14,16). The van der Waals surface area contributed by atoms with Gasteiger partial charge in [0.25, 0.3) is 5.69 Å². The van der Waals surface area contributed by atoms with E-state index in [0.717, 1.165) is 11.8 Å². The van der Waals surface area contributed by atoms with Crippen LogP contribution in [0.2, 0.25) is 5.02 Å². The van der Waals surface area contributed by atoms with E-state index in [2.05, 4.69) is 17.2 Å². The predicted octanol–water partition coefficient (Wildman–Crippen LogP) is 2.48. The Balaban J connectivity index is 2.64. The SMILES string of the molecule is CC#CCNC(=O)CSc1ccc(Cl)cc1[N+](=O)[O-]. The van der Waals surface area contributed by atoms with Crippen LogP contribution in [0.4, 0.5) is 5.69 Å². The molecule has 1 amide bonds. The minimum Gasteiger partial charge on any atom is -0.344 e. The smallest absolute Gasteiger partial charge is 0.284 e. The Kier molecular flexibility index (Phi) is 6.19. The number of amides is 1. The summed E-state index contributed by atoms with van der Waals surface area (Å²) in [6.07, 6.45) is 0. The summed E-state index contributed by atoms with van der Waals surface area (Å²) in [6, 6.07) is 4.35. The van der Waals surface area contributed by atoms with Gasteiger partial charge in [-0.1, -0.05) is 17.5 Å². The normalized spacial score (nSPS) is 9.37. The monoisotopic (exact) mass is 298 g/mol. The van der Waals surface area contributed by atoms with Crippen molar-refractivity contribution in [1.29, 1.82) is 0 Å². The Labute approximate surface area is 119 Å². The lowest BCUT2D eigenvalue weighted by atomic mass is 10.3. The number of rotatable bonds is 5. The molecule has 1 N–H and O–H groups in total. The molecule has 7 heteroatoms. The number of nitrogens with one attached hydrogen (secondary N) is 1. The summed E-state index contributed by atoms with van der Waals surface area (Å²) in [6.45, 7) is 1.95. The zero-order valence-corrected chi connectivity index (χ0v) is 11.7. The molecule has 0 saturated heterocycles. The fourth-order valence-corrected chi connectivity index (χ4v) is 2.18. The van der Waals surface area contributed by atoms with Gasteiger partial charge in [0, 0.05) is 11.1 Å². The van der Waals surface area contributed by atoms with Crippen LogP contribution in [0.25, 0.3) is 0 Å². The van der Waals surface area contributed by atoms with E-state index in [4.69, 9.17) is 11.6 Å². The molecule has 5 nitrogen and oxygen atoms in total. The molecule has 0 aromatic heterocycles.